The minimum absolute atomic E-state index is 1.24. The number of phosphoric ester groups is 1. The zero-order valence-corrected chi connectivity index (χ0v) is 24.8. The summed E-state index contributed by atoms with van der Waals surface area (Å²) in [5.74, 6) is 0. The Bertz CT molecular complexity index is 379. The molecule has 0 aromatic rings. The van der Waals surface area contributed by atoms with Crippen LogP contribution in [0.25, 0.3) is 0 Å². The first-order valence-electron chi connectivity index (χ1n) is 4.66. The van der Waals surface area contributed by atoms with Gasteiger partial charge >= 0.3 is 7.82 Å². The molecule has 17 heteroatoms. The molecule has 0 heterocycles. The molecule has 0 spiro atoms. The van der Waals surface area contributed by atoms with Gasteiger partial charge in [0.15, 0.2) is 15.0 Å². The van der Waals surface area contributed by atoms with Crippen molar-refractivity contribution in [3.05, 3.63) is 0 Å². The molecule has 0 amide bonds. The van der Waals surface area contributed by atoms with E-state index in [0.29, 0.717) is 0 Å². The highest BCUT2D eigenvalue weighted by Gasteiger charge is 2.47. The van der Waals surface area contributed by atoms with Crippen molar-refractivity contribution in [1.82, 2.24) is 0 Å². The van der Waals surface area contributed by atoms with Gasteiger partial charge in [0, 0.05) is 0 Å². The van der Waals surface area contributed by atoms with E-state index >= 15 is 0 Å². The van der Waals surface area contributed by atoms with Crippen LogP contribution < -0.4 is 0 Å². The van der Waals surface area contributed by atoms with Gasteiger partial charge in [0.2, 0.25) is 9.73 Å². The number of phosphoric acid groups is 1. The van der Waals surface area contributed by atoms with E-state index < -0.39 is 32.6 Å². The lowest BCUT2D eigenvalue weighted by atomic mass is 10.9. The van der Waals surface area contributed by atoms with Gasteiger partial charge in [0.25, 0.3) is 0 Å². The quantitative estimate of drug-likeness (QED) is 0.172. The van der Waals surface area contributed by atoms with E-state index in [-0.39, 0.29) is 0 Å². The van der Waals surface area contributed by atoms with Gasteiger partial charge in [-0.3, -0.25) is 13.6 Å². The predicted octanol–water partition coefficient (Wildman–Crippen LogP) is 8.89. The number of hydrogen-bond donors (Lipinski definition) is 0. The largest absolute Gasteiger partial charge is 0.478 e. The Kier molecular flexibility index (Phi) is 12.9. The molecular formula is C6H3Br6Cl6O4P. The minimum atomic E-state index is -4.41. The summed E-state index contributed by atoms with van der Waals surface area (Å²) in [5.41, 5.74) is 0. The maximum Gasteiger partial charge on any atom is 0.478 e. The lowest BCUT2D eigenvalue weighted by Crippen LogP contribution is -2.28. The van der Waals surface area contributed by atoms with Gasteiger partial charge in [-0.2, -0.15) is 0 Å². The normalized spacial score (nSPS) is 20.7. The van der Waals surface area contributed by atoms with Crippen molar-refractivity contribution in [1.29, 1.82) is 0 Å². The lowest BCUT2D eigenvalue weighted by molar-refractivity contribution is 0.0991. The van der Waals surface area contributed by atoms with Crippen molar-refractivity contribution < 1.29 is 18.1 Å². The highest BCUT2D eigenvalue weighted by molar-refractivity contribution is 9.14. The molecule has 0 radical (unpaired) electrons. The molecule has 0 rings (SSSR count). The fourth-order valence-electron chi connectivity index (χ4n) is 0.594. The first-order valence-corrected chi connectivity index (χ1v) is 13.5. The highest BCUT2D eigenvalue weighted by atomic mass is 79.9. The van der Waals surface area contributed by atoms with Crippen LogP contribution in [0.2, 0.25) is 0 Å². The van der Waals surface area contributed by atoms with Crippen molar-refractivity contribution in [2.45, 2.75) is 24.8 Å². The van der Waals surface area contributed by atoms with Crippen molar-refractivity contribution in [2.75, 3.05) is 0 Å². The van der Waals surface area contributed by atoms with E-state index in [0.717, 1.165) is 0 Å². The summed E-state index contributed by atoms with van der Waals surface area (Å²) in [5, 5.41) is -3.72. The van der Waals surface area contributed by atoms with E-state index in [1.54, 1.807) is 0 Å². The Morgan fingerprint density at radius 3 is 0.957 bits per heavy atom. The van der Waals surface area contributed by atoms with Crippen molar-refractivity contribution in [3.63, 3.8) is 0 Å². The molecule has 0 saturated heterocycles. The van der Waals surface area contributed by atoms with Gasteiger partial charge in [0.05, 0.1) is 0 Å². The van der Waals surface area contributed by atoms with E-state index in [1.807, 2.05) is 0 Å². The third-order valence-corrected chi connectivity index (χ3v) is 12.2. The molecule has 4 nitrogen and oxygen atoms in total. The average molecular weight is 862 g/mol. The molecule has 0 aliphatic rings. The van der Waals surface area contributed by atoms with Crippen LogP contribution in [0.15, 0.2) is 0 Å². The van der Waals surface area contributed by atoms with Crippen molar-refractivity contribution in [2.24, 2.45) is 0 Å². The SMILES string of the molecule is O=P(OC(Br)C(Cl)(Cl)Br)(OC(Br)C(Cl)(Cl)Br)OC(Br)C(Cl)(Cl)Br. The molecular weight excluding hydrogens is 859 g/mol. The van der Waals surface area contributed by atoms with Crippen LogP contribution in [0.4, 0.5) is 0 Å². The van der Waals surface area contributed by atoms with Gasteiger partial charge in [-0.25, -0.2) is 4.57 Å². The molecule has 0 saturated carbocycles. The Balaban J connectivity index is 5.40. The fourth-order valence-corrected chi connectivity index (χ4v) is 5.09. The number of rotatable bonds is 9. The zero-order chi connectivity index (χ0) is 18.9. The molecule has 23 heavy (non-hydrogen) atoms. The number of alkyl halides is 12. The molecule has 0 aromatic carbocycles. The summed E-state index contributed by atoms with van der Waals surface area (Å²) >= 11 is 52.2. The summed E-state index contributed by atoms with van der Waals surface area (Å²) in [6.45, 7) is 0. The van der Waals surface area contributed by atoms with Crippen LogP contribution in [0.5, 0.6) is 0 Å². The van der Waals surface area contributed by atoms with Crippen LogP contribution in [0.3, 0.4) is 0 Å². The van der Waals surface area contributed by atoms with Gasteiger partial charge in [-0.05, 0) is 47.8 Å². The van der Waals surface area contributed by atoms with Crippen LogP contribution in [0.1, 0.15) is 0 Å². The van der Waals surface area contributed by atoms with Crippen LogP contribution in [-0.4, -0.2) is 24.8 Å². The van der Waals surface area contributed by atoms with E-state index in [9.17, 15) is 4.57 Å². The summed E-state index contributed by atoms with van der Waals surface area (Å²) in [4.78, 5) is 0. The minimum Gasteiger partial charge on any atom is -0.268 e. The molecule has 0 aliphatic heterocycles. The maximum absolute atomic E-state index is 12.8. The molecule has 0 bridgehead atoms. The third-order valence-electron chi connectivity index (χ3n) is 1.44. The van der Waals surface area contributed by atoms with Gasteiger partial charge < -0.3 is 0 Å². The topological polar surface area (TPSA) is 44.8 Å². The zero-order valence-electron chi connectivity index (χ0n) is 9.85. The van der Waals surface area contributed by atoms with Gasteiger partial charge in [0.1, 0.15) is 0 Å². The monoisotopic (exact) mass is 853 g/mol. The van der Waals surface area contributed by atoms with Crippen LogP contribution in [0, 0.1) is 0 Å². The third kappa shape index (κ3) is 11.5. The lowest BCUT2D eigenvalue weighted by Gasteiger charge is -2.30. The average Bonchev–Trinajstić information content (AvgIpc) is 2.23. The molecule has 0 aromatic heterocycles. The Morgan fingerprint density at radius 1 is 0.652 bits per heavy atom. The Hall–Kier alpha value is 4.73. The van der Waals surface area contributed by atoms with Crippen LogP contribution in [-0.2, 0) is 18.1 Å². The molecule has 0 N–H and O–H groups in total. The smallest absolute Gasteiger partial charge is 0.268 e. The Morgan fingerprint density at radius 2 is 0.826 bits per heavy atom. The van der Waals surface area contributed by atoms with Crippen molar-refractivity contribution >= 4 is 173 Å². The second kappa shape index (κ2) is 10.7. The Labute approximate surface area is 212 Å². The second-order valence-electron chi connectivity index (χ2n) is 3.34. The number of halogens is 12. The summed E-state index contributed by atoms with van der Waals surface area (Å²) < 4.78 is 23.2. The van der Waals surface area contributed by atoms with Gasteiger partial charge in [-0.1, -0.05) is 117 Å². The standard InChI is InChI=1S/C6H3Br6Cl6O4P/c7-1(4(10,13)14)20-23(19,21-2(8)5(11,15)16)22-3(9)6(12,17)18/h1-3H. The predicted molar refractivity (Wildman–Crippen MR) is 119 cm³/mol. The first-order chi connectivity index (χ1) is 9.88. The molecule has 0 aliphatic carbocycles. The van der Waals surface area contributed by atoms with Gasteiger partial charge in [-0.15, -0.1) is 0 Å². The maximum atomic E-state index is 12.8. The first kappa shape index (κ1) is 27.7. The van der Waals surface area contributed by atoms with E-state index in [1.165, 1.54) is 0 Å². The summed E-state index contributed by atoms with van der Waals surface area (Å²) in [7, 11) is -4.41. The van der Waals surface area contributed by atoms with Crippen molar-refractivity contribution in [3.8, 4) is 0 Å². The molecule has 0 fully saturated rings. The summed E-state index contributed by atoms with van der Waals surface area (Å²) in [6, 6.07) is 0. The molecule has 3 unspecified atom stereocenters. The van der Waals surface area contributed by atoms with Crippen LogP contribution >= 0.6 is 173 Å². The van der Waals surface area contributed by atoms with E-state index in [2.05, 4.69) is 95.6 Å². The second-order valence-corrected chi connectivity index (χ2v) is 18.0. The molecule has 3 atom stereocenters. The fraction of sp³-hybridized carbons (Fsp3) is 1.00. The summed E-state index contributed by atoms with van der Waals surface area (Å²) in [6.07, 6.45) is 0. The van der Waals surface area contributed by atoms with E-state index in [4.69, 9.17) is 83.2 Å². The highest BCUT2D eigenvalue weighted by Crippen LogP contribution is 2.61. The molecule has 140 valence electrons. The number of hydrogen-bond acceptors (Lipinski definition) is 4.